The van der Waals surface area contributed by atoms with Crippen molar-refractivity contribution >= 4 is 8.32 Å². The largest absolute Gasteiger partial charge is 0.414 e. The molecule has 3 saturated carbocycles. The smallest absolute Gasteiger partial charge is 0.192 e. The highest BCUT2D eigenvalue weighted by atomic mass is 28.4. The molecule has 0 aromatic heterocycles. The van der Waals surface area contributed by atoms with E-state index < -0.39 is 8.32 Å². The SMILES string of the molecule is CC(C)(C)[Si](C)(C)OC1CC[C@@]2(C)C(=CC[C@@H]3[C@H]2CC[C@]2(C)C(O)CC[C@@H]32)C1. The zero-order valence-electron chi connectivity index (χ0n) is 19.5. The number of aliphatic hydroxyl groups is 1. The average molecular weight is 405 g/mol. The van der Waals surface area contributed by atoms with Gasteiger partial charge < -0.3 is 9.53 Å². The van der Waals surface area contributed by atoms with Crippen LogP contribution in [0.25, 0.3) is 0 Å². The Morgan fingerprint density at radius 2 is 1.75 bits per heavy atom. The predicted molar refractivity (Wildman–Crippen MR) is 120 cm³/mol. The molecule has 7 atom stereocenters. The highest BCUT2D eigenvalue weighted by molar-refractivity contribution is 6.74. The maximum atomic E-state index is 10.7. The van der Waals surface area contributed by atoms with E-state index in [9.17, 15) is 5.11 Å². The van der Waals surface area contributed by atoms with Crippen LogP contribution in [-0.2, 0) is 4.43 Å². The van der Waals surface area contributed by atoms with Crippen molar-refractivity contribution in [1.82, 2.24) is 0 Å². The Hall–Kier alpha value is -0.123. The molecule has 0 aromatic carbocycles. The van der Waals surface area contributed by atoms with Crippen LogP contribution in [0.2, 0.25) is 18.1 Å². The van der Waals surface area contributed by atoms with Crippen LogP contribution in [0.15, 0.2) is 11.6 Å². The summed E-state index contributed by atoms with van der Waals surface area (Å²) in [4.78, 5) is 0. The van der Waals surface area contributed by atoms with Crippen LogP contribution in [0.4, 0.5) is 0 Å². The first-order valence-corrected chi connectivity index (χ1v) is 14.8. The molecule has 0 aliphatic heterocycles. The van der Waals surface area contributed by atoms with E-state index in [0.29, 0.717) is 11.5 Å². The lowest BCUT2D eigenvalue weighted by molar-refractivity contribution is -0.0706. The van der Waals surface area contributed by atoms with Gasteiger partial charge in [-0.15, -0.1) is 0 Å². The van der Waals surface area contributed by atoms with Gasteiger partial charge >= 0.3 is 0 Å². The van der Waals surface area contributed by atoms with Crippen LogP contribution in [-0.4, -0.2) is 25.6 Å². The summed E-state index contributed by atoms with van der Waals surface area (Å²) in [6, 6.07) is 0. The molecule has 2 unspecified atom stereocenters. The van der Waals surface area contributed by atoms with Gasteiger partial charge in [0.2, 0.25) is 0 Å². The number of allylic oxidation sites excluding steroid dienone is 1. The summed E-state index contributed by atoms with van der Waals surface area (Å²) in [5.74, 6) is 2.35. The van der Waals surface area contributed by atoms with Crippen LogP contribution >= 0.6 is 0 Å². The van der Waals surface area contributed by atoms with Gasteiger partial charge in [-0.3, -0.25) is 0 Å². The second-order valence-corrected chi connectivity index (χ2v) is 17.4. The van der Waals surface area contributed by atoms with E-state index in [1.807, 2.05) is 0 Å². The Bertz CT molecular complexity index is 647. The molecule has 0 aromatic rings. The number of aliphatic hydroxyl groups excluding tert-OH is 1. The van der Waals surface area contributed by atoms with Gasteiger partial charge in [-0.25, -0.2) is 0 Å². The molecule has 4 aliphatic carbocycles. The maximum Gasteiger partial charge on any atom is 0.192 e. The first-order valence-electron chi connectivity index (χ1n) is 11.9. The van der Waals surface area contributed by atoms with Crippen molar-refractivity contribution < 1.29 is 9.53 Å². The third-order valence-electron chi connectivity index (χ3n) is 10.3. The standard InChI is InChI=1S/C25H44O2Si/c1-23(2,3)28(6,7)27-18-12-14-24(4)17(16-18)8-9-19-20-10-11-22(26)25(20,5)15-13-21(19)24/h8,18-22,26H,9-16H2,1-7H3/t18?,19-,20-,21+,22?,24-,25-/m0/s1. The minimum absolute atomic E-state index is 0.0645. The fraction of sp³-hybridized carbons (Fsp3) is 0.920. The fourth-order valence-electron chi connectivity index (χ4n) is 7.29. The molecule has 0 heterocycles. The highest BCUT2D eigenvalue weighted by Crippen LogP contribution is 2.65. The summed E-state index contributed by atoms with van der Waals surface area (Å²) in [7, 11) is -1.70. The average Bonchev–Trinajstić information content (AvgIpc) is 2.89. The highest BCUT2D eigenvalue weighted by Gasteiger charge is 2.58. The summed E-state index contributed by atoms with van der Waals surface area (Å²) in [5, 5.41) is 10.9. The topological polar surface area (TPSA) is 29.5 Å². The van der Waals surface area contributed by atoms with Crippen molar-refractivity contribution in [3.05, 3.63) is 11.6 Å². The van der Waals surface area contributed by atoms with E-state index in [1.54, 1.807) is 5.57 Å². The lowest BCUT2D eigenvalue weighted by Crippen LogP contribution is -2.52. The van der Waals surface area contributed by atoms with Crippen molar-refractivity contribution in [3.63, 3.8) is 0 Å². The molecule has 3 fully saturated rings. The van der Waals surface area contributed by atoms with Gasteiger partial charge in [0, 0.05) is 6.10 Å². The molecule has 2 nitrogen and oxygen atoms in total. The van der Waals surface area contributed by atoms with E-state index in [-0.39, 0.29) is 16.6 Å². The summed E-state index contributed by atoms with van der Waals surface area (Å²) >= 11 is 0. The van der Waals surface area contributed by atoms with E-state index >= 15 is 0 Å². The van der Waals surface area contributed by atoms with Gasteiger partial charge in [0.25, 0.3) is 0 Å². The molecule has 0 bridgehead atoms. The first-order chi connectivity index (χ1) is 12.9. The minimum atomic E-state index is -1.70. The van der Waals surface area contributed by atoms with Gasteiger partial charge in [0.15, 0.2) is 8.32 Å². The molecule has 0 amide bonds. The Balaban J connectivity index is 1.53. The lowest BCUT2D eigenvalue weighted by Gasteiger charge is -2.58. The van der Waals surface area contributed by atoms with E-state index in [0.717, 1.165) is 30.6 Å². The summed E-state index contributed by atoms with van der Waals surface area (Å²) < 4.78 is 6.84. The van der Waals surface area contributed by atoms with E-state index in [1.165, 1.54) is 38.5 Å². The summed E-state index contributed by atoms with van der Waals surface area (Å²) in [6.45, 7) is 16.8. The van der Waals surface area contributed by atoms with E-state index in [2.05, 4.69) is 53.8 Å². The molecule has 28 heavy (non-hydrogen) atoms. The quantitative estimate of drug-likeness (QED) is 0.410. The minimum Gasteiger partial charge on any atom is -0.414 e. The van der Waals surface area contributed by atoms with Crippen molar-refractivity contribution in [1.29, 1.82) is 0 Å². The van der Waals surface area contributed by atoms with Gasteiger partial charge in [-0.05, 0) is 98.1 Å². The monoisotopic (exact) mass is 404 g/mol. The van der Waals surface area contributed by atoms with Crippen LogP contribution in [0.1, 0.15) is 86.0 Å². The zero-order chi connectivity index (χ0) is 20.5. The van der Waals surface area contributed by atoms with Crippen LogP contribution in [0, 0.1) is 28.6 Å². The number of hydrogen-bond donors (Lipinski definition) is 1. The van der Waals surface area contributed by atoms with Crippen molar-refractivity contribution in [2.75, 3.05) is 0 Å². The normalized spacial score (nSPS) is 46.4. The molecule has 3 heteroatoms. The number of rotatable bonds is 2. The zero-order valence-corrected chi connectivity index (χ0v) is 20.5. The van der Waals surface area contributed by atoms with Crippen molar-refractivity contribution in [3.8, 4) is 0 Å². The van der Waals surface area contributed by atoms with Crippen LogP contribution in [0.3, 0.4) is 0 Å². The van der Waals surface area contributed by atoms with Gasteiger partial charge in [-0.1, -0.05) is 46.3 Å². The third-order valence-corrected chi connectivity index (χ3v) is 14.8. The lowest BCUT2D eigenvalue weighted by atomic mass is 9.48. The molecule has 160 valence electrons. The molecule has 0 radical (unpaired) electrons. The molecule has 1 N–H and O–H groups in total. The van der Waals surface area contributed by atoms with Crippen LogP contribution < -0.4 is 0 Å². The summed E-state index contributed by atoms with van der Waals surface area (Å²) in [5.41, 5.74) is 2.28. The Morgan fingerprint density at radius 1 is 1.04 bits per heavy atom. The maximum absolute atomic E-state index is 10.7. The first kappa shape index (κ1) is 21.1. The molecule has 4 rings (SSSR count). The molecular weight excluding hydrogens is 360 g/mol. The van der Waals surface area contributed by atoms with Crippen molar-refractivity contribution in [2.45, 2.75) is 116 Å². The second-order valence-electron chi connectivity index (χ2n) is 12.6. The fourth-order valence-corrected chi connectivity index (χ4v) is 8.68. The molecule has 4 aliphatic rings. The Kier molecular flexibility index (Phi) is 5.04. The number of fused-ring (bicyclic) bond motifs is 5. The third kappa shape index (κ3) is 3.10. The van der Waals surface area contributed by atoms with E-state index in [4.69, 9.17) is 4.43 Å². The predicted octanol–water partition coefficient (Wildman–Crippen LogP) is 6.70. The molecule has 0 saturated heterocycles. The van der Waals surface area contributed by atoms with Gasteiger partial charge in [0.05, 0.1) is 6.10 Å². The second kappa shape index (κ2) is 6.69. The Morgan fingerprint density at radius 3 is 2.43 bits per heavy atom. The van der Waals surface area contributed by atoms with Gasteiger partial charge in [-0.2, -0.15) is 0 Å². The van der Waals surface area contributed by atoms with Crippen LogP contribution in [0.5, 0.6) is 0 Å². The molecule has 0 spiro atoms. The summed E-state index contributed by atoms with van der Waals surface area (Å²) in [6.07, 6.45) is 12.7. The van der Waals surface area contributed by atoms with Crippen molar-refractivity contribution in [2.24, 2.45) is 28.6 Å². The molecular formula is C25H44O2Si. The Labute approximate surface area is 174 Å². The van der Waals surface area contributed by atoms with Gasteiger partial charge in [0.1, 0.15) is 0 Å². The number of hydrogen-bond acceptors (Lipinski definition) is 2.